The van der Waals surface area contributed by atoms with Crippen molar-refractivity contribution in [2.45, 2.75) is 26.3 Å². The number of benzene rings is 1. The van der Waals surface area contributed by atoms with Crippen molar-refractivity contribution in [1.29, 1.82) is 0 Å². The van der Waals surface area contributed by atoms with Crippen molar-refractivity contribution in [2.75, 3.05) is 11.4 Å². The van der Waals surface area contributed by atoms with Crippen molar-refractivity contribution in [1.82, 2.24) is 10.1 Å². The molecule has 1 aliphatic rings. The summed E-state index contributed by atoms with van der Waals surface area (Å²) in [6, 6.07) is 7.67. The highest BCUT2D eigenvalue weighted by Gasteiger charge is 2.23. The number of nitrogens with zero attached hydrogens (tertiary/aromatic N) is 3. The molecule has 1 aromatic carbocycles. The van der Waals surface area contributed by atoms with Crippen LogP contribution in [-0.2, 0) is 13.0 Å². The van der Waals surface area contributed by atoms with Gasteiger partial charge in [0.2, 0.25) is 5.89 Å². The molecule has 3 rings (SSSR count). The van der Waals surface area contributed by atoms with Crippen molar-refractivity contribution in [3.8, 4) is 0 Å². The van der Waals surface area contributed by atoms with Gasteiger partial charge >= 0.3 is 0 Å². The fraction of sp³-hybridized carbons (Fsp3) is 0.357. The number of aryl methyl sites for hydroxylation is 1. The van der Waals surface area contributed by atoms with Crippen LogP contribution in [0.4, 0.5) is 5.69 Å². The van der Waals surface area contributed by atoms with Crippen LogP contribution >= 0.6 is 0 Å². The third-order valence-corrected chi connectivity index (χ3v) is 3.30. The average molecular weight is 257 g/mol. The minimum atomic E-state index is 0.203. The maximum Gasteiger partial charge on any atom is 0.226 e. The molecular formula is C14H15N3O2. The predicted octanol–water partition coefficient (Wildman–Crippen LogP) is 2.22. The zero-order valence-corrected chi connectivity index (χ0v) is 10.8. The second-order valence-corrected chi connectivity index (χ2v) is 4.57. The summed E-state index contributed by atoms with van der Waals surface area (Å²) in [5.41, 5.74) is 1.74. The molecule has 98 valence electrons. The quantitative estimate of drug-likeness (QED) is 0.843. The molecule has 19 heavy (non-hydrogen) atoms. The number of fused-ring (bicyclic) bond motifs is 1. The molecule has 0 N–H and O–H groups in total. The van der Waals surface area contributed by atoms with E-state index in [0.717, 1.165) is 17.7 Å². The van der Waals surface area contributed by atoms with Crippen LogP contribution in [0.2, 0.25) is 0 Å². The van der Waals surface area contributed by atoms with Crippen LogP contribution in [0.3, 0.4) is 0 Å². The Morgan fingerprint density at radius 1 is 1.37 bits per heavy atom. The molecule has 5 nitrogen and oxygen atoms in total. The number of carbonyl (C=O) groups is 1. The summed E-state index contributed by atoms with van der Waals surface area (Å²) < 4.78 is 5.11. The highest BCUT2D eigenvalue weighted by Crippen LogP contribution is 2.27. The summed E-state index contributed by atoms with van der Waals surface area (Å²) in [5.74, 6) is 1.52. The Morgan fingerprint density at radius 2 is 2.21 bits per heavy atom. The van der Waals surface area contributed by atoms with Crippen LogP contribution in [0.25, 0.3) is 0 Å². The number of para-hydroxylation sites is 1. The van der Waals surface area contributed by atoms with Gasteiger partial charge in [-0.1, -0.05) is 24.2 Å². The molecule has 0 aliphatic carbocycles. The zero-order valence-electron chi connectivity index (χ0n) is 10.8. The standard InChI is InChI=1S/C14H15N3O2/c1-2-14-15-13(16-19-14)9-17-8-7-12(18)10-5-3-4-6-11(10)17/h3-6H,2,7-9H2,1H3. The Hall–Kier alpha value is -2.17. The first-order valence-electron chi connectivity index (χ1n) is 6.46. The first-order valence-corrected chi connectivity index (χ1v) is 6.46. The molecule has 5 heteroatoms. The number of anilines is 1. The van der Waals surface area contributed by atoms with Gasteiger partial charge in [0.15, 0.2) is 11.6 Å². The number of Topliss-reactive ketones (excluding diaryl/α,β-unsaturated/α-hetero) is 1. The van der Waals surface area contributed by atoms with Crippen molar-refractivity contribution in [3.63, 3.8) is 0 Å². The van der Waals surface area contributed by atoms with E-state index in [-0.39, 0.29) is 5.78 Å². The first-order chi connectivity index (χ1) is 9.28. The highest BCUT2D eigenvalue weighted by molar-refractivity contribution is 6.03. The summed E-state index contributed by atoms with van der Waals surface area (Å²) in [4.78, 5) is 18.3. The van der Waals surface area contributed by atoms with E-state index in [1.54, 1.807) is 0 Å². The molecule has 1 aliphatic heterocycles. The molecule has 0 fully saturated rings. The van der Waals surface area contributed by atoms with Gasteiger partial charge in [0.05, 0.1) is 6.54 Å². The number of hydrogen-bond donors (Lipinski definition) is 0. The van der Waals surface area contributed by atoms with Crippen LogP contribution in [0.15, 0.2) is 28.8 Å². The van der Waals surface area contributed by atoms with Crippen LogP contribution < -0.4 is 4.90 Å². The van der Waals surface area contributed by atoms with Crippen LogP contribution in [0.1, 0.15) is 35.4 Å². The molecule has 0 unspecified atom stereocenters. The smallest absolute Gasteiger partial charge is 0.226 e. The molecule has 0 spiro atoms. The third kappa shape index (κ3) is 2.23. The summed E-state index contributed by atoms with van der Waals surface area (Å²) in [5, 5.41) is 3.96. The van der Waals surface area contributed by atoms with Crippen molar-refractivity contribution in [2.24, 2.45) is 0 Å². The largest absolute Gasteiger partial charge is 0.363 e. The molecule has 0 atom stereocenters. The van der Waals surface area contributed by atoms with Gasteiger partial charge in [-0.3, -0.25) is 4.79 Å². The van der Waals surface area contributed by atoms with Crippen LogP contribution in [-0.4, -0.2) is 22.5 Å². The molecule has 0 bridgehead atoms. The van der Waals surface area contributed by atoms with Crippen molar-refractivity contribution in [3.05, 3.63) is 41.5 Å². The summed E-state index contributed by atoms with van der Waals surface area (Å²) >= 11 is 0. The monoisotopic (exact) mass is 257 g/mol. The van der Waals surface area contributed by atoms with E-state index < -0.39 is 0 Å². The van der Waals surface area contributed by atoms with Gasteiger partial charge in [-0.2, -0.15) is 4.98 Å². The third-order valence-electron chi connectivity index (χ3n) is 3.30. The topological polar surface area (TPSA) is 59.2 Å². The summed E-state index contributed by atoms with van der Waals surface area (Å²) in [6.45, 7) is 3.26. The second-order valence-electron chi connectivity index (χ2n) is 4.57. The fourth-order valence-corrected chi connectivity index (χ4v) is 2.31. The van der Waals surface area contributed by atoms with Gasteiger partial charge in [0.25, 0.3) is 0 Å². The normalized spacial score (nSPS) is 14.6. The minimum absolute atomic E-state index is 0.203. The number of ketones is 1. The Labute approximate surface area is 111 Å². The number of hydrogen-bond acceptors (Lipinski definition) is 5. The molecule has 1 aromatic heterocycles. The minimum Gasteiger partial charge on any atom is -0.363 e. The lowest BCUT2D eigenvalue weighted by Crippen LogP contribution is -2.31. The van der Waals surface area contributed by atoms with E-state index in [1.165, 1.54) is 0 Å². The summed E-state index contributed by atoms with van der Waals surface area (Å²) in [7, 11) is 0. The molecule has 0 saturated heterocycles. The lowest BCUT2D eigenvalue weighted by Gasteiger charge is -2.29. The number of aromatic nitrogens is 2. The van der Waals surface area contributed by atoms with E-state index in [9.17, 15) is 4.79 Å². The van der Waals surface area contributed by atoms with E-state index in [1.807, 2.05) is 31.2 Å². The number of carbonyl (C=O) groups excluding carboxylic acids is 1. The Morgan fingerprint density at radius 3 is 3.00 bits per heavy atom. The maximum absolute atomic E-state index is 11.9. The van der Waals surface area contributed by atoms with Gasteiger partial charge in [-0.25, -0.2) is 0 Å². The molecular weight excluding hydrogens is 242 g/mol. The Bertz CT molecular complexity index is 606. The van der Waals surface area contributed by atoms with Gasteiger partial charge in [0.1, 0.15) is 0 Å². The molecule has 0 radical (unpaired) electrons. The lowest BCUT2D eigenvalue weighted by molar-refractivity contribution is 0.0979. The predicted molar refractivity (Wildman–Crippen MR) is 70.1 cm³/mol. The molecule has 0 amide bonds. The van der Waals surface area contributed by atoms with Crippen LogP contribution in [0, 0.1) is 0 Å². The number of rotatable bonds is 3. The fourth-order valence-electron chi connectivity index (χ4n) is 2.31. The van der Waals surface area contributed by atoms with E-state index in [2.05, 4.69) is 15.0 Å². The second kappa shape index (κ2) is 4.84. The highest BCUT2D eigenvalue weighted by atomic mass is 16.5. The SMILES string of the molecule is CCc1nc(CN2CCC(=O)c3ccccc32)no1. The Kier molecular flexibility index (Phi) is 3.03. The molecule has 0 saturated carbocycles. The van der Waals surface area contributed by atoms with E-state index in [0.29, 0.717) is 31.2 Å². The molecule has 2 aromatic rings. The van der Waals surface area contributed by atoms with Crippen LogP contribution in [0.5, 0.6) is 0 Å². The van der Waals surface area contributed by atoms with Gasteiger partial charge < -0.3 is 9.42 Å². The lowest BCUT2D eigenvalue weighted by atomic mass is 10.0. The van der Waals surface area contributed by atoms with E-state index in [4.69, 9.17) is 4.52 Å². The first kappa shape index (κ1) is 11.9. The average Bonchev–Trinajstić information content (AvgIpc) is 2.90. The summed E-state index contributed by atoms with van der Waals surface area (Å²) in [6.07, 6.45) is 1.28. The van der Waals surface area contributed by atoms with Gasteiger partial charge in [0, 0.05) is 30.6 Å². The molecule has 2 heterocycles. The van der Waals surface area contributed by atoms with Gasteiger partial charge in [-0.05, 0) is 12.1 Å². The van der Waals surface area contributed by atoms with E-state index >= 15 is 0 Å². The maximum atomic E-state index is 11.9. The zero-order chi connectivity index (χ0) is 13.2. The van der Waals surface area contributed by atoms with Gasteiger partial charge in [-0.15, -0.1) is 0 Å². The Balaban J connectivity index is 1.86. The van der Waals surface area contributed by atoms with Crippen molar-refractivity contribution >= 4 is 11.5 Å². The van der Waals surface area contributed by atoms with Crippen molar-refractivity contribution < 1.29 is 9.32 Å².